The fourth-order valence-corrected chi connectivity index (χ4v) is 1.34. The standard InChI is InChI=1S/C11H14N2O2/c1-7-3-6-10(15-7)11(14)13-12-8(2)9-4-5-9/h3,6,9H,4-5H2,1-2H3,(H,13,14). The molecule has 1 saturated carbocycles. The van der Waals surface area contributed by atoms with Gasteiger partial charge in [0.05, 0.1) is 0 Å². The van der Waals surface area contributed by atoms with Gasteiger partial charge >= 0.3 is 5.91 Å². The number of hydrazone groups is 1. The zero-order chi connectivity index (χ0) is 10.8. The topological polar surface area (TPSA) is 54.6 Å². The van der Waals surface area contributed by atoms with Gasteiger partial charge in [-0.15, -0.1) is 0 Å². The van der Waals surface area contributed by atoms with E-state index in [-0.39, 0.29) is 5.91 Å². The molecule has 2 rings (SSSR count). The molecule has 0 bridgehead atoms. The molecule has 15 heavy (non-hydrogen) atoms. The van der Waals surface area contributed by atoms with Gasteiger partial charge < -0.3 is 4.42 Å². The maximum Gasteiger partial charge on any atom is 0.307 e. The number of rotatable bonds is 3. The fraction of sp³-hybridized carbons (Fsp3) is 0.455. The van der Waals surface area contributed by atoms with Crippen molar-refractivity contribution in [1.82, 2.24) is 5.43 Å². The van der Waals surface area contributed by atoms with E-state index in [4.69, 9.17) is 4.42 Å². The van der Waals surface area contributed by atoms with Crippen LogP contribution in [0.3, 0.4) is 0 Å². The van der Waals surface area contributed by atoms with Crippen LogP contribution >= 0.6 is 0 Å². The predicted octanol–water partition coefficient (Wildman–Crippen LogP) is 2.10. The van der Waals surface area contributed by atoms with Crippen LogP contribution in [0.1, 0.15) is 36.1 Å². The Morgan fingerprint density at radius 3 is 2.80 bits per heavy atom. The number of aryl methyl sites for hydroxylation is 1. The summed E-state index contributed by atoms with van der Waals surface area (Å²) in [6.07, 6.45) is 2.37. The first kappa shape index (κ1) is 9.96. The zero-order valence-electron chi connectivity index (χ0n) is 8.91. The highest BCUT2D eigenvalue weighted by Gasteiger charge is 2.24. The molecular weight excluding hydrogens is 192 g/mol. The number of carbonyl (C=O) groups is 1. The molecule has 1 N–H and O–H groups in total. The van der Waals surface area contributed by atoms with E-state index in [1.54, 1.807) is 19.1 Å². The molecule has 0 radical (unpaired) electrons. The molecule has 0 unspecified atom stereocenters. The Balaban J connectivity index is 1.94. The number of carbonyl (C=O) groups excluding carboxylic acids is 1. The summed E-state index contributed by atoms with van der Waals surface area (Å²) in [6, 6.07) is 3.40. The van der Waals surface area contributed by atoms with Crippen molar-refractivity contribution in [3.63, 3.8) is 0 Å². The van der Waals surface area contributed by atoms with E-state index in [0.717, 1.165) is 11.5 Å². The van der Waals surface area contributed by atoms with Crippen LogP contribution in [-0.4, -0.2) is 11.6 Å². The first-order valence-corrected chi connectivity index (χ1v) is 5.08. The second-order valence-electron chi connectivity index (χ2n) is 3.88. The average molecular weight is 206 g/mol. The molecule has 0 atom stereocenters. The molecule has 0 aliphatic heterocycles. The lowest BCUT2D eigenvalue weighted by molar-refractivity contribution is 0.0925. The van der Waals surface area contributed by atoms with Crippen LogP contribution in [-0.2, 0) is 0 Å². The normalized spacial score (nSPS) is 16.5. The summed E-state index contributed by atoms with van der Waals surface area (Å²) in [6.45, 7) is 3.74. The van der Waals surface area contributed by atoms with Crippen molar-refractivity contribution < 1.29 is 9.21 Å². The van der Waals surface area contributed by atoms with Crippen LogP contribution in [0.15, 0.2) is 21.7 Å². The van der Waals surface area contributed by atoms with Crippen molar-refractivity contribution in [2.45, 2.75) is 26.7 Å². The van der Waals surface area contributed by atoms with Crippen molar-refractivity contribution in [2.75, 3.05) is 0 Å². The van der Waals surface area contributed by atoms with Crippen molar-refractivity contribution in [2.24, 2.45) is 11.0 Å². The molecule has 1 aromatic heterocycles. The highest BCUT2D eigenvalue weighted by molar-refractivity contribution is 5.93. The first-order chi connectivity index (χ1) is 7.16. The fourth-order valence-electron chi connectivity index (χ4n) is 1.34. The first-order valence-electron chi connectivity index (χ1n) is 5.08. The third-order valence-electron chi connectivity index (χ3n) is 2.47. The molecule has 1 fully saturated rings. The maximum absolute atomic E-state index is 11.5. The van der Waals surface area contributed by atoms with Crippen molar-refractivity contribution in [1.29, 1.82) is 0 Å². The van der Waals surface area contributed by atoms with Gasteiger partial charge in [-0.2, -0.15) is 5.10 Å². The van der Waals surface area contributed by atoms with Gasteiger partial charge in [-0.3, -0.25) is 4.79 Å². The van der Waals surface area contributed by atoms with Crippen LogP contribution in [0.2, 0.25) is 0 Å². The second kappa shape index (κ2) is 3.88. The molecule has 4 nitrogen and oxygen atoms in total. The minimum atomic E-state index is -0.289. The molecule has 1 heterocycles. The molecule has 1 aliphatic carbocycles. The molecule has 0 aromatic carbocycles. The largest absolute Gasteiger partial charge is 0.456 e. The Kier molecular flexibility index (Phi) is 2.58. The van der Waals surface area contributed by atoms with Crippen LogP contribution < -0.4 is 5.43 Å². The number of amides is 1. The van der Waals surface area contributed by atoms with Crippen molar-refractivity contribution in [3.05, 3.63) is 23.7 Å². The highest BCUT2D eigenvalue weighted by Crippen LogP contribution is 2.30. The minimum absolute atomic E-state index is 0.289. The second-order valence-corrected chi connectivity index (χ2v) is 3.88. The Morgan fingerprint density at radius 2 is 2.27 bits per heavy atom. The Labute approximate surface area is 88.4 Å². The van der Waals surface area contributed by atoms with E-state index in [1.807, 2.05) is 6.92 Å². The molecule has 1 aliphatic rings. The molecule has 1 aromatic rings. The van der Waals surface area contributed by atoms with E-state index >= 15 is 0 Å². The summed E-state index contributed by atoms with van der Waals surface area (Å²) in [7, 11) is 0. The van der Waals surface area contributed by atoms with Gasteiger partial charge in [0.15, 0.2) is 5.76 Å². The van der Waals surface area contributed by atoms with Crippen LogP contribution in [0.25, 0.3) is 0 Å². The lowest BCUT2D eigenvalue weighted by Gasteiger charge is -1.98. The van der Waals surface area contributed by atoms with Crippen LogP contribution in [0.5, 0.6) is 0 Å². The predicted molar refractivity (Wildman–Crippen MR) is 56.7 cm³/mol. The summed E-state index contributed by atoms with van der Waals surface area (Å²) in [5.74, 6) is 1.31. The third kappa shape index (κ3) is 2.46. The monoisotopic (exact) mass is 206 g/mol. The summed E-state index contributed by atoms with van der Waals surface area (Å²) in [5, 5.41) is 4.03. The van der Waals surface area contributed by atoms with Gasteiger partial charge in [-0.25, -0.2) is 5.43 Å². The lowest BCUT2D eigenvalue weighted by Crippen LogP contribution is -2.18. The Morgan fingerprint density at radius 1 is 1.53 bits per heavy atom. The Bertz CT molecular complexity index is 402. The van der Waals surface area contributed by atoms with Gasteiger partial charge in [0.1, 0.15) is 5.76 Å². The molecule has 80 valence electrons. The summed E-state index contributed by atoms with van der Waals surface area (Å²) in [5.41, 5.74) is 3.48. The zero-order valence-corrected chi connectivity index (χ0v) is 8.91. The Hall–Kier alpha value is -1.58. The lowest BCUT2D eigenvalue weighted by atomic mass is 10.3. The van der Waals surface area contributed by atoms with E-state index in [1.165, 1.54) is 12.8 Å². The minimum Gasteiger partial charge on any atom is -0.456 e. The maximum atomic E-state index is 11.5. The number of hydrogen-bond donors (Lipinski definition) is 1. The molecular formula is C11H14N2O2. The van der Waals surface area contributed by atoms with Gasteiger partial charge in [-0.1, -0.05) is 0 Å². The SMILES string of the molecule is CC(=NNC(=O)c1ccc(C)o1)C1CC1. The van der Waals surface area contributed by atoms with E-state index < -0.39 is 0 Å². The van der Waals surface area contributed by atoms with Crippen molar-refractivity contribution in [3.8, 4) is 0 Å². The quantitative estimate of drug-likeness (QED) is 0.608. The molecule has 1 amide bonds. The third-order valence-corrected chi connectivity index (χ3v) is 2.47. The molecule has 0 spiro atoms. The summed E-state index contributed by atoms with van der Waals surface area (Å²) in [4.78, 5) is 11.5. The summed E-state index contributed by atoms with van der Waals surface area (Å²) >= 11 is 0. The van der Waals surface area contributed by atoms with Gasteiger partial charge in [0.25, 0.3) is 0 Å². The van der Waals surface area contributed by atoms with Crippen LogP contribution in [0.4, 0.5) is 0 Å². The highest BCUT2D eigenvalue weighted by atomic mass is 16.3. The van der Waals surface area contributed by atoms with Crippen LogP contribution in [0, 0.1) is 12.8 Å². The summed E-state index contributed by atoms with van der Waals surface area (Å²) < 4.78 is 5.17. The number of nitrogens with zero attached hydrogens (tertiary/aromatic N) is 1. The number of furan rings is 1. The van der Waals surface area contributed by atoms with E-state index in [0.29, 0.717) is 11.7 Å². The van der Waals surface area contributed by atoms with Gasteiger partial charge in [0, 0.05) is 5.71 Å². The van der Waals surface area contributed by atoms with E-state index in [9.17, 15) is 4.79 Å². The number of hydrogen-bond acceptors (Lipinski definition) is 3. The molecule has 0 saturated heterocycles. The van der Waals surface area contributed by atoms with Gasteiger partial charge in [-0.05, 0) is 44.7 Å². The molecule has 4 heteroatoms. The van der Waals surface area contributed by atoms with Gasteiger partial charge in [0.2, 0.25) is 0 Å². The smallest absolute Gasteiger partial charge is 0.307 e. The van der Waals surface area contributed by atoms with E-state index in [2.05, 4.69) is 10.5 Å². The number of nitrogens with one attached hydrogen (secondary N) is 1. The average Bonchev–Trinajstić information content (AvgIpc) is 2.97. The van der Waals surface area contributed by atoms with Crippen molar-refractivity contribution >= 4 is 11.6 Å².